The lowest BCUT2D eigenvalue weighted by atomic mass is 10.0. The van der Waals surface area contributed by atoms with Crippen LogP contribution in [0.3, 0.4) is 0 Å². The van der Waals surface area contributed by atoms with Crippen molar-refractivity contribution in [3.05, 3.63) is 0 Å². The fraction of sp³-hybridized carbons (Fsp3) is 1.00. The molecule has 4 bridgehead atoms. The minimum atomic E-state index is -2.54. The van der Waals surface area contributed by atoms with Crippen LogP contribution in [0.2, 0.25) is 0 Å². The van der Waals surface area contributed by atoms with E-state index in [2.05, 4.69) is 10.8 Å². The van der Waals surface area contributed by atoms with Gasteiger partial charge in [0.1, 0.15) is 0 Å². The highest BCUT2D eigenvalue weighted by Crippen LogP contribution is 2.57. The monoisotopic (exact) mass is 482 g/mol. The first-order valence-electron chi connectivity index (χ1n) is 11.3. The fourth-order valence-electron chi connectivity index (χ4n) is 5.33. The van der Waals surface area contributed by atoms with Gasteiger partial charge in [0, 0.05) is 25.1 Å². The molecule has 0 aromatic carbocycles. The molecule has 4 saturated carbocycles. The second-order valence-electron chi connectivity index (χ2n) is 8.45. The van der Waals surface area contributed by atoms with Crippen molar-refractivity contribution in [3.8, 4) is 0 Å². The molecule has 0 aliphatic heterocycles. The van der Waals surface area contributed by atoms with Crippen LogP contribution in [0.5, 0.6) is 0 Å². The van der Waals surface area contributed by atoms with E-state index in [0.717, 1.165) is 17.1 Å². The highest BCUT2D eigenvalue weighted by Gasteiger charge is 2.44. The van der Waals surface area contributed by atoms with Crippen LogP contribution in [-0.4, -0.2) is 33.0 Å². The van der Waals surface area contributed by atoms with Gasteiger partial charge in [-0.05, 0) is 100 Å². The number of fused-ring (bicyclic) bond motifs is 4. The molecule has 0 aromatic rings. The van der Waals surface area contributed by atoms with Gasteiger partial charge in [-0.2, -0.15) is 0 Å². The quantitative estimate of drug-likeness (QED) is 0.170. The van der Waals surface area contributed by atoms with Crippen LogP contribution < -0.4 is 0 Å². The van der Waals surface area contributed by atoms with Crippen LogP contribution in [0.15, 0.2) is 0 Å². The van der Waals surface area contributed by atoms with Crippen molar-refractivity contribution in [1.29, 1.82) is 0 Å². The normalized spacial score (nSPS) is 33.3. The maximum absolute atomic E-state index is 5.85. The Bertz CT molecular complexity index is 424. The molecule has 4 aliphatic carbocycles. The lowest BCUT2D eigenvalue weighted by Crippen LogP contribution is -2.42. The number of hydrogen-bond acceptors (Lipinski definition) is 7. The third kappa shape index (κ3) is 7.00. The van der Waals surface area contributed by atoms with Gasteiger partial charge in [-0.1, -0.05) is 42.9 Å². The number of hydrogen-bond donors (Lipinski definition) is 0. The summed E-state index contributed by atoms with van der Waals surface area (Å²) < 4.78 is 17.5. The first kappa shape index (κ1) is 24.1. The Balaban J connectivity index is 0.000000264. The van der Waals surface area contributed by atoms with Crippen LogP contribution in [0.4, 0.5) is 0 Å². The second kappa shape index (κ2) is 12.5. The maximum Gasteiger partial charge on any atom is 0.585 e. The molecule has 0 aromatic heterocycles. The van der Waals surface area contributed by atoms with Crippen molar-refractivity contribution in [1.82, 2.24) is 0 Å². The molecular formula is C20H38O3S4Si. The third-order valence-corrected chi connectivity index (χ3v) is 19.8. The Morgan fingerprint density at radius 2 is 1.25 bits per heavy atom. The summed E-state index contributed by atoms with van der Waals surface area (Å²) in [5.41, 5.74) is 0. The van der Waals surface area contributed by atoms with Gasteiger partial charge in [0.25, 0.3) is 0 Å². The Morgan fingerprint density at radius 3 is 1.64 bits per heavy atom. The van der Waals surface area contributed by atoms with Crippen molar-refractivity contribution in [2.24, 2.45) is 23.7 Å². The minimum Gasteiger partial charge on any atom is -0.365 e. The van der Waals surface area contributed by atoms with Gasteiger partial charge in [-0.15, -0.1) is 0 Å². The third-order valence-electron chi connectivity index (χ3n) is 6.60. The van der Waals surface area contributed by atoms with E-state index in [9.17, 15) is 0 Å². The molecule has 3 nitrogen and oxygen atoms in total. The number of rotatable bonds is 11. The minimum absolute atomic E-state index is 0.643. The van der Waals surface area contributed by atoms with Gasteiger partial charge in [0.15, 0.2) is 0 Å². The van der Waals surface area contributed by atoms with E-state index in [1.165, 1.54) is 37.5 Å². The maximum atomic E-state index is 5.85. The largest absolute Gasteiger partial charge is 0.585 e. The fourth-order valence-corrected chi connectivity index (χ4v) is 20.3. The van der Waals surface area contributed by atoms with Crippen molar-refractivity contribution in [2.75, 3.05) is 19.8 Å². The smallest absolute Gasteiger partial charge is 0.365 e. The van der Waals surface area contributed by atoms with Crippen LogP contribution >= 0.6 is 40.7 Å². The highest BCUT2D eigenvalue weighted by atomic mass is 33.7. The van der Waals surface area contributed by atoms with Gasteiger partial charge in [-0.25, -0.2) is 0 Å². The average molecular weight is 483 g/mol. The molecule has 0 spiro atoms. The van der Waals surface area contributed by atoms with E-state index >= 15 is 0 Å². The molecule has 0 amide bonds. The zero-order valence-electron chi connectivity index (χ0n) is 17.7. The predicted molar refractivity (Wildman–Crippen MR) is 130 cm³/mol. The molecule has 0 N–H and O–H groups in total. The molecule has 4 rings (SSSR count). The van der Waals surface area contributed by atoms with E-state index in [-0.39, 0.29) is 0 Å². The molecule has 3 unspecified atom stereocenters. The van der Waals surface area contributed by atoms with Crippen LogP contribution in [0, 0.1) is 23.7 Å². The van der Waals surface area contributed by atoms with E-state index in [4.69, 9.17) is 13.3 Å². The Morgan fingerprint density at radius 1 is 0.679 bits per heavy atom. The van der Waals surface area contributed by atoms with Crippen molar-refractivity contribution in [3.63, 3.8) is 0 Å². The van der Waals surface area contributed by atoms with Crippen LogP contribution in [0.1, 0.15) is 78.6 Å². The predicted octanol–water partition coefficient (Wildman–Crippen LogP) is 7.59. The topological polar surface area (TPSA) is 27.7 Å². The molecule has 164 valence electrons. The summed E-state index contributed by atoms with van der Waals surface area (Å²) >= 11 is 0. The summed E-state index contributed by atoms with van der Waals surface area (Å²) in [5.74, 6) is 4.34. The summed E-state index contributed by atoms with van der Waals surface area (Å²) in [6, 6.07) is 0. The van der Waals surface area contributed by atoms with Crippen LogP contribution in [0.25, 0.3) is 0 Å². The van der Waals surface area contributed by atoms with Gasteiger partial charge >= 0.3 is 7.95 Å². The van der Waals surface area contributed by atoms with Gasteiger partial charge in [0.2, 0.25) is 0 Å². The van der Waals surface area contributed by atoms with Crippen LogP contribution in [-0.2, 0) is 13.3 Å². The first-order valence-corrected chi connectivity index (χ1v) is 18.6. The molecule has 8 heteroatoms. The van der Waals surface area contributed by atoms with E-state index < -0.39 is 7.95 Å². The van der Waals surface area contributed by atoms with Crippen molar-refractivity contribution < 1.29 is 13.3 Å². The van der Waals surface area contributed by atoms with E-state index in [1.54, 1.807) is 52.2 Å². The highest BCUT2D eigenvalue weighted by molar-refractivity contribution is 9.28. The molecule has 0 saturated heterocycles. The molecule has 28 heavy (non-hydrogen) atoms. The van der Waals surface area contributed by atoms with Gasteiger partial charge < -0.3 is 13.3 Å². The Hall–Kier alpha value is 1.50. The molecule has 3 atom stereocenters. The van der Waals surface area contributed by atoms with E-state index in [0.29, 0.717) is 19.8 Å². The zero-order valence-corrected chi connectivity index (χ0v) is 22.0. The average Bonchev–Trinajstić information content (AvgIpc) is 3.49. The second-order valence-corrected chi connectivity index (χ2v) is 18.9. The zero-order chi connectivity index (χ0) is 19.8. The Labute approximate surface area is 188 Å². The molecule has 0 radical (unpaired) electrons. The molecule has 0 heterocycles. The SMILES string of the molecule is C1CC2CCC1C2.CCO[Si](OCC)(OCC)SSSSC1CC2CCC1C2. The van der Waals surface area contributed by atoms with E-state index in [1.807, 2.05) is 30.6 Å². The summed E-state index contributed by atoms with van der Waals surface area (Å²) in [5, 5.41) is 0.865. The van der Waals surface area contributed by atoms with Crippen molar-refractivity contribution >= 4 is 48.6 Å². The Kier molecular flexibility index (Phi) is 10.8. The lowest BCUT2D eigenvalue weighted by molar-refractivity contribution is 0.0971. The standard InChI is InChI=1S/C13H26O3S4Si.C7H12/c1-4-14-21(15-5-2,16-6-3)20-19-18-17-13-10-11-7-8-12(13)9-11;1-2-7-4-3-6(1)5-7/h11-13H,4-10H2,1-3H3;6-7H,1-5H2. The molecule has 4 fully saturated rings. The summed E-state index contributed by atoms with van der Waals surface area (Å²) in [6.45, 7) is 7.93. The lowest BCUT2D eigenvalue weighted by Gasteiger charge is -2.26. The van der Waals surface area contributed by atoms with Gasteiger partial charge in [0.05, 0.1) is 0 Å². The van der Waals surface area contributed by atoms with Gasteiger partial charge in [-0.3, -0.25) is 0 Å². The summed E-state index contributed by atoms with van der Waals surface area (Å²) in [6.07, 6.45) is 13.7. The van der Waals surface area contributed by atoms with Crippen molar-refractivity contribution in [2.45, 2.75) is 83.8 Å². The molecule has 4 aliphatic rings. The first-order chi connectivity index (χ1) is 13.7. The summed E-state index contributed by atoms with van der Waals surface area (Å²) in [7, 11) is 4.85. The summed E-state index contributed by atoms with van der Waals surface area (Å²) in [4.78, 5) is 0. The molecular weight excluding hydrogens is 445 g/mol.